The van der Waals surface area contributed by atoms with E-state index in [0.29, 0.717) is 35.0 Å². The van der Waals surface area contributed by atoms with E-state index in [0.717, 1.165) is 23.3 Å². The highest BCUT2D eigenvalue weighted by Gasteiger charge is 2.32. The maximum atomic E-state index is 12.7. The number of ether oxygens (including phenoxy) is 1. The fourth-order valence-corrected chi connectivity index (χ4v) is 3.81. The molecule has 0 bridgehead atoms. The first-order valence-electron chi connectivity index (χ1n) is 10.9. The molecule has 0 aliphatic carbocycles. The van der Waals surface area contributed by atoms with Crippen LogP contribution in [0, 0.1) is 6.92 Å². The van der Waals surface area contributed by atoms with Gasteiger partial charge in [0.25, 0.3) is 0 Å². The highest BCUT2D eigenvalue weighted by atomic mass is 19.4. The number of aryl methyl sites for hydroxylation is 2. The van der Waals surface area contributed by atoms with E-state index in [4.69, 9.17) is 10.8 Å². The molecule has 4 N–H and O–H groups in total. The summed E-state index contributed by atoms with van der Waals surface area (Å²) < 4.78 is 43.6. The highest BCUT2D eigenvalue weighted by molar-refractivity contribution is 5.96. The number of pyridine rings is 1. The van der Waals surface area contributed by atoms with Crippen molar-refractivity contribution in [1.29, 1.82) is 0 Å². The maximum Gasteiger partial charge on any atom is 0.573 e. The van der Waals surface area contributed by atoms with E-state index in [1.165, 1.54) is 6.07 Å². The molecule has 186 valence electrons. The first-order valence-corrected chi connectivity index (χ1v) is 10.9. The molecule has 4 rings (SSSR count). The van der Waals surface area contributed by atoms with E-state index in [2.05, 4.69) is 15.0 Å². The van der Waals surface area contributed by atoms with Gasteiger partial charge in [0.05, 0.1) is 16.9 Å². The summed E-state index contributed by atoms with van der Waals surface area (Å²) in [4.78, 5) is 16.4. The van der Waals surface area contributed by atoms with Gasteiger partial charge >= 0.3 is 12.3 Å². The normalized spacial score (nSPS) is 11.4. The number of nitrogens with two attached hydrogens (primary N) is 1. The summed E-state index contributed by atoms with van der Waals surface area (Å²) >= 11 is 0. The van der Waals surface area contributed by atoms with Gasteiger partial charge in [-0.2, -0.15) is 9.78 Å². The highest BCUT2D eigenvalue weighted by Crippen LogP contribution is 2.38. The number of alkyl halides is 3. The maximum absolute atomic E-state index is 12.7. The Labute approximate surface area is 204 Å². The molecule has 36 heavy (non-hydrogen) atoms. The van der Waals surface area contributed by atoms with E-state index >= 15 is 0 Å². The quantitative estimate of drug-likeness (QED) is 0.279. The molecule has 0 saturated heterocycles. The van der Waals surface area contributed by atoms with E-state index in [1.54, 1.807) is 35.1 Å². The summed E-state index contributed by atoms with van der Waals surface area (Å²) in [6, 6.07) is 13.8. The van der Waals surface area contributed by atoms with Gasteiger partial charge in [0.15, 0.2) is 5.82 Å². The van der Waals surface area contributed by atoms with Gasteiger partial charge in [-0.1, -0.05) is 25.1 Å². The number of aromatic nitrogens is 3. The van der Waals surface area contributed by atoms with Gasteiger partial charge in [-0.05, 0) is 60.9 Å². The van der Waals surface area contributed by atoms with Gasteiger partial charge in [0.2, 0.25) is 0 Å². The van der Waals surface area contributed by atoms with Crippen molar-refractivity contribution < 1.29 is 27.8 Å². The van der Waals surface area contributed by atoms with E-state index in [-0.39, 0.29) is 5.69 Å². The Morgan fingerprint density at radius 1 is 1.17 bits per heavy atom. The number of rotatable bonds is 7. The van der Waals surface area contributed by atoms with Crippen molar-refractivity contribution in [3.05, 3.63) is 77.6 Å². The Morgan fingerprint density at radius 3 is 2.58 bits per heavy atom. The Morgan fingerprint density at radius 2 is 1.94 bits per heavy atom. The number of hydrogen-bond donors (Lipinski definition) is 3. The molecule has 0 fully saturated rings. The predicted octanol–water partition coefficient (Wildman–Crippen LogP) is 5.73. The van der Waals surface area contributed by atoms with Crippen LogP contribution < -0.4 is 15.8 Å². The third-order valence-electron chi connectivity index (χ3n) is 5.36. The number of nitrogens with one attached hydrogen (secondary N) is 1. The number of carboxylic acids is 1. The molecule has 0 amide bonds. The minimum atomic E-state index is -4.96. The van der Waals surface area contributed by atoms with Gasteiger partial charge in [0.1, 0.15) is 11.6 Å². The molecule has 0 atom stereocenters. The molecule has 0 radical (unpaired) electrons. The number of carboxylic acid groups (broad SMARTS) is 1. The standard InChI is InChI=1S/C25H22F3N5O3/c1-3-19-21(15-7-4-8-16(29)12-15)23(33(32-19)22-14(2)6-5-11-30-22)31-20-10-9-17(36-25(26,27)28)13-18(20)24(34)35/h4-13,31H,3,29H2,1-2H3,(H,34,35). The summed E-state index contributed by atoms with van der Waals surface area (Å²) in [5.41, 5.74) is 9.02. The lowest BCUT2D eigenvalue weighted by molar-refractivity contribution is -0.274. The molecular weight excluding hydrogens is 475 g/mol. The largest absolute Gasteiger partial charge is 0.573 e. The summed E-state index contributed by atoms with van der Waals surface area (Å²) in [6.45, 7) is 3.77. The zero-order valence-electron chi connectivity index (χ0n) is 19.3. The number of aromatic carboxylic acids is 1. The predicted molar refractivity (Wildman–Crippen MR) is 129 cm³/mol. The van der Waals surface area contributed by atoms with Gasteiger partial charge in [0, 0.05) is 17.4 Å². The number of anilines is 3. The van der Waals surface area contributed by atoms with Crippen LogP contribution in [0.15, 0.2) is 60.8 Å². The topological polar surface area (TPSA) is 115 Å². The Bertz CT molecular complexity index is 1430. The smallest absolute Gasteiger partial charge is 0.478 e. The Balaban J connectivity index is 1.94. The molecule has 0 unspecified atom stereocenters. The molecule has 0 aliphatic heterocycles. The van der Waals surface area contributed by atoms with Crippen LogP contribution in [0.4, 0.5) is 30.4 Å². The van der Waals surface area contributed by atoms with Crippen LogP contribution >= 0.6 is 0 Å². The molecule has 2 heterocycles. The van der Waals surface area contributed by atoms with Crippen LogP contribution in [0.25, 0.3) is 16.9 Å². The fourth-order valence-electron chi connectivity index (χ4n) is 3.81. The number of benzene rings is 2. The zero-order valence-corrected chi connectivity index (χ0v) is 19.3. The SMILES string of the molecule is CCc1nn(-c2ncccc2C)c(Nc2ccc(OC(F)(F)F)cc2C(=O)O)c1-c1cccc(N)c1. The van der Waals surface area contributed by atoms with Crippen LogP contribution in [-0.4, -0.2) is 32.2 Å². The van der Waals surface area contributed by atoms with E-state index in [9.17, 15) is 23.1 Å². The third-order valence-corrected chi connectivity index (χ3v) is 5.36. The minimum Gasteiger partial charge on any atom is -0.478 e. The zero-order chi connectivity index (χ0) is 26.0. The number of halogens is 3. The summed E-state index contributed by atoms with van der Waals surface area (Å²) in [6.07, 6.45) is -2.83. The summed E-state index contributed by atoms with van der Waals surface area (Å²) in [5, 5.41) is 17.6. The van der Waals surface area contributed by atoms with Crippen LogP contribution in [-0.2, 0) is 6.42 Å². The second-order valence-electron chi connectivity index (χ2n) is 7.89. The molecule has 11 heteroatoms. The van der Waals surface area contributed by atoms with Crippen molar-refractivity contribution in [2.24, 2.45) is 0 Å². The van der Waals surface area contributed by atoms with E-state index in [1.807, 2.05) is 26.0 Å². The van der Waals surface area contributed by atoms with Crippen molar-refractivity contribution in [3.8, 4) is 22.7 Å². The van der Waals surface area contributed by atoms with Crippen molar-refractivity contribution in [2.75, 3.05) is 11.1 Å². The number of carbonyl (C=O) groups is 1. The summed E-state index contributed by atoms with van der Waals surface area (Å²) in [5.74, 6) is -1.21. The molecule has 2 aromatic carbocycles. The van der Waals surface area contributed by atoms with Crippen LogP contribution in [0.1, 0.15) is 28.5 Å². The van der Waals surface area contributed by atoms with Gasteiger partial charge in [-0.25, -0.2) is 9.78 Å². The molecule has 2 aromatic heterocycles. The molecular formula is C25H22F3N5O3. The van der Waals surface area contributed by atoms with Crippen LogP contribution in [0.5, 0.6) is 5.75 Å². The van der Waals surface area contributed by atoms with Gasteiger partial charge in [-0.3, -0.25) is 0 Å². The average molecular weight is 497 g/mol. The van der Waals surface area contributed by atoms with E-state index < -0.39 is 23.6 Å². The van der Waals surface area contributed by atoms with Crippen molar-refractivity contribution in [1.82, 2.24) is 14.8 Å². The van der Waals surface area contributed by atoms with Crippen molar-refractivity contribution >= 4 is 23.2 Å². The lowest BCUT2D eigenvalue weighted by atomic mass is 10.0. The molecule has 0 saturated carbocycles. The molecule has 4 aromatic rings. The first-order chi connectivity index (χ1) is 17.1. The first kappa shape index (κ1) is 24.6. The Kier molecular flexibility index (Phi) is 6.56. The van der Waals surface area contributed by atoms with Crippen LogP contribution in [0.3, 0.4) is 0 Å². The lowest BCUT2D eigenvalue weighted by Crippen LogP contribution is -2.17. The van der Waals surface area contributed by atoms with Crippen LogP contribution in [0.2, 0.25) is 0 Å². The van der Waals surface area contributed by atoms with Gasteiger partial charge < -0.3 is 20.9 Å². The molecule has 0 aliphatic rings. The average Bonchev–Trinajstić information content (AvgIpc) is 3.17. The van der Waals surface area contributed by atoms with Crippen molar-refractivity contribution in [2.45, 2.75) is 26.6 Å². The number of nitrogens with zero attached hydrogens (tertiary/aromatic N) is 3. The number of hydrogen-bond acceptors (Lipinski definition) is 6. The minimum absolute atomic E-state index is 0.0413. The Hall–Kier alpha value is -4.54. The third kappa shape index (κ3) is 5.09. The van der Waals surface area contributed by atoms with Gasteiger partial charge in [-0.15, -0.1) is 13.2 Å². The second-order valence-corrected chi connectivity index (χ2v) is 7.89. The fraction of sp³-hybridized carbons (Fsp3) is 0.160. The van der Waals surface area contributed by atoms with Crippen molar-refractivity contribution in [3.63, 3.8) is 0 Å². The molecule has 8 nitrogen and oxygen atoms in total. The molecule has 0 spiro atoms. The monoisotopic (exact) mass is 497 g/mol. The summed E-state index contributed by atoms with van der Waals surface area (Å²) in [7, 11) is 0. The lowest BCUT2D eigenvalue weighted by Gasteiger charge is -2.16. The number of nitrogen functional groups attached to an aromatic ring is 1. The second kappa shape index (κ2) is 9.61.